The van der Waals surface area contributed by atoms with E-state index in [1.807, 2.05) is 36.5 Å². The van der Waals surface area contributed by atoms with Crippen molar-refractivity contribution in [1.29, 1.82) is 0 Å². The number of rotatable bonds is 5. The molecule has 1 N–H and O–H groups in total. The maximum Gasteiger partial charge on any atom is 0.250 e. The molecule has 7 heteroatoms. The van der Waals surface area contributed by atoms with Gasteiger partial charge in [0.1, 0.15) is 5.01 Å². The maximum absolute atomic E-state index is 12.0. The van der Waals surface area contributed by atoms with Crippen molar-refractivity contribution in [3.8, 4) is 5.69 Å². The number of amides is 1. The number of para-hydroxylation sites is 1. The van der Waals surface area contributed by atoms with Crippen LogP contribution in [0.4, 0.5) is 5.13 Å². The monoisotopic (exact) mass is 337 g/mol. The molecule has 2 aromatic heterocycles. The van der Waals surface area contributed by atoms with Gasteiger partial charge in [-0.2, -0.15) is 5.10 Å². The van der Waals surface area contributed by atoms with Crippen molar-refractivity contribution in [2.75, 3.05) is 5.32 Å². The van der Waals surface area contributed by atoms with Gasteiger partial charge in [0.2, 0.25) is 11.0 Å². The van der Waals surface area contributed by atoms with Crippen molar-refractivity contribution in [3.05, 3.63) is 59.4 Å². The fourth-order valence-electron chi connectivity index (χ4n) is 2.24. The number of carbonyl (C=O) groups is 1. The van der Waals surface area contributed by atoms with E-state index in [1.54, 1.807) is 17.0 Å². The van der Waals surface area contributed by atoms with Crippen LogP contribution in [0.2, 0.25) is 0 Å². The summed E-state index contributed by atoms with van der Waals surface area (Å²) in [6, 6.07) is 9.82. The molecular formula is C17H15N5OS. The lowest BCUT2D eigenvalue weighted by Crippen LogP contribution is -2.07. The van der Waals surface area contributed by atoms with Gasteiger partial charge in [0.25, 0.3) is 0 Å². The molecule has 1 aromatic carbocycles. The van der Waals surface area contributed by atoms with E-state index in [0.29, 0.717) is 11.0 Å². The van der Waals surface area contributed by atoms with Crippen LogP contribution in [0.1, 0.15) is 29.3 Å². The third-order valence-corrected chi connectivity index (χ3v) is 4.65. The van der Waals surface area contributed by atoms with Crippen LogP contribution in [0, 0.1) is 0 Å². The van der Waals surface area contributed by atoms with Crippen LogP contribution in [-0.2, 0) is 4.79 Å². The molecule has 0 bridgehead atoms. The minimum atomic E-state index is -0.221. The molecule has 1 aliphatic carbocycles. The molecule has 0 aliphatic heterocycles. The summed E-state index contributed by atoms with van der Waals surface area (Å²) in [5.74, 6) is 0.327. The molecule has 6 nitrogen and oxygen atoms in total. The van der Waals surface area contributed by atoms with Crippen molar-refractivity contribution in [2.45, 2.75) is 18.8 Å². The average Bonchev–Trinajstić information content (AvgIpc) is 3.17. The Bertz CT molecular complexity index is 879. The fraction of sp³-hybridized carbons (Fsp3) is 0.176. The summed E-state index contributed by atoms with van der Waals surface area (Å²) >= 11 is 1.45. The Balaban J connectivity index is 1.39. The average molecular weight is 337 g/mol. The van der Waals surface area contributed by atoms with E-state index in [4.69, 9.17) is 0 Å². The molecule has 1 saturated carbocycles. The van der Waals surface area contributed by atoms with Crippen molar-refractivity contribution in [3.63, 3.8) is 0 Å². The number of nitrogens with one attached hydrogen (secondary N) is 1. The quantitative estimate of drug-likeness (QED) is 0.725. The second-order valence-electron chi connectivity index (χ2n) is 5.60. The Morgan fingerprint density at radius 1 is 1.25 bits per heavy atom. The van der Waals surface area contributed by atoms with Gasteiger partial charge < -0.3 is 0 Å². The van der Waals surface area contributed by atoms with Gasteiger partial charge in [0.05, 0.1) is 11.9 Å². The van der Waals surface area contributed by atoms with Crippen LogP contribution >= 0.6 is 11.3 Å². The van der Waals surface area contributed by atoms with E-state index in [2.05, 4.69) is 20.6 Å². The second kappa shape index (κ2) is 6.37. The highest BCUT2D eigenvalue weighted by atomic mass is 32.1. The van der Waals surface area contributed by atoms with Gasteiger partial charge in [-0.05, 0) is 31.1 Å². The molecular weight excluding hydrogens is 322 g/mol. The van der Waals surface area contributed by atoms with Gasteiger partial charge >= 0.3 is 0 Å². The normalized spacial score (nSPS) is 14.2. The molecule has 4 rings (SSSR count). The van der Waals surface area contributed by atoms with Gasteiger partial charge in [0, 0.05) is 23.8 Å². The van der Waals surface area contributed by atoms with Gasteiger partial charge in [-0.15, -0.1) is 10.2 Å². The zero-order valence-electron chi connectivity index (χ0n) is 12.8. The molecule has 1 fully saturated rings. The van der Waals surface area contributed by atoms with Gasteiger partial charge in [0.15, 0.2) is 0 Å². The minimum absolute atomic E-state index is 0.221. The van der Waals surface area contributed by atoms with Crippen LogP contribution < -0.4 is 5.32 Å². The Morgan fingerprint density at radius 2 is 2.08 bits per heavy atom. The number of nitrogens with zero attached hydrogens (tertiary/aromatic N) is 4. The van der Waals surface area contributed by atoms with Crippen LogP contribution in [0.15, 0.2) is 48.8 Å². The standard InChI is InChI=1S/C17H15N5OS/c23-15(19-17-21-20-16(24-17)13-7-8-13)9-6-12-10-18-22(11-12)14-4-2-1-3-5-14/h1-6,9-11,13H,7-8H2,(H,19,21,23)/b9-6+. The van der Waals surface area contributed by atoms with Crippen LogP contribution in [0.3, 0.4) is 0 Å². The van der Waals surface area contributed by atoms with E-state index < -0.39 is 0 Å². The van der Waals surface area contributed by atoms with Crippen LogP contribution in [0.5, 0.6) is 0 Å². The van der Waals surface area contributed by atoms with Crippen molar-refractivity contribution in [1.82, 2.24) is 20.0 Å². The number of anilines is 1. The smallest absolute Gasteiger partial charge is 0.250 e. The van der Waals surface area contributed by atoms with E-state index in [9.17, 15) is 4.79 Å². The molecule has 1 aliphatic rings. The first-order chi connectivity index (χ1) is 11.8. The third kappa shape index (κ3) is 3.41. The predicted molar refractivity (Wildman–Crippen MR) is 93.1 cm³/mol. The molecule has 3 aromatic rings. The molecule has 24 heavy (non-hydrogen) atoms. The highest BCUT2D eigenvalue weighted by molar-refractivity contribution is 7.15. The lowest BCUT2D eigenvalue weighted by Gasteiger charge is -1.98. The summed E-state index contributed by atoms with van der Waals surface area (Å²) in [5.41, 5.74) is 1.83. The van der Waals surface area contributed by atoms with Gasteiger partial charge in [-0.1, -0.05) is 29.5 Å². The summed E-state index contributed by atoms with van der Waals surface area (Å²) in [7, 11) is 0. The summed E-state index contributed by atoms with van der Waals surface area (Å²) in [5, 5.41) is 16.7. The van der Waals surface area contributed by atoms with Gasteiger partial charge in [-0.25, -0.2) is 4.68 Å². The highest BCUT2D eigenvalue weighted by Crippen LogP contribution is 2.41. The lowest BCUT2D eigenvalue weighted by atomic mass is 10.3. The van der Waals surface area contributed by atoms with E-state index >= 15 is 0 Å². The Morgan fingerprint density at radius 3 is 2.88 bits per heavy atom. The first-order valence-corrected chi connectivity index (χ1v) is 8.52. The number of aromatic nitrogens is 4. The topological polar surface area (TPSA) is 72.7 Å². The first-order valence-electron chi connectivity index (χ1n) is 7.70. The largest absolute Gasteiger partial charge is 0.297 e. The van der Waals surface area contributed by atoms with Crippen LogP contribution in [0.25, 0.3) is 11.8 Å². The molecule has 0 radical (unpaired) electrons. The zero-order valence-corrected chi connectivity index (χ0v) is 13.6. The lowest BCUT2D eigenvalue weighted by molar-refractivity contribution is -0.111. The van der Waals surface area contributed by atoms with Crippen molar-refractivity contribution in [2.24, 2.45) is 0 Å². The number of benzene rings is 1. The predicted octanol–water partition coefficient (Wildman–Crippen LogP) is 3.25. The number of hydrogen-bond acceptors (Lipinski definition) is 5. The zero-order chi connectivity index (χ0) is 16.4. The summed E-state index contributed by atoms with van der Waals surface area (Å²) in [4.78, 5) is 12.0. The maximum atomic E-state index is 12.0. The SMILES string of the molecule is O=C(/C=C/c1cnn(-c2ccccc2)c1)Nc1nnc(C2CC2)s1. The summed E-state index contributed by atoms with van der Waals surface area (Å²) < 4.78 is 1.77. The third-order valence-electron chi connectivity index (χ3n) is 3.65. The first kappa shape index (κ1) is 14.8. The molecule has 0 spiro atoms. The van der Waals surface area contributed by atoms with E-state index in [1.165, 1.54) is 30.3 Å². The highest BCUT2D eigenvalue weighted by Gasteiger charge is 2.27. The Labute approximate surface area is 142 Å². The minimum Gasteiger partial charge on any atom is -0.297 e. The van der Waals surface area contributed by atoms with Crippen molar-refractivity contribution >= 4 is 28.5 Å². The van der Waals surface area contributed by atoms with E-state index in [0.717, 1.165) is 16.3 Å². The summed E-state index contributed by atoms with van der Waals surface area (Å²) in [6.45, 7) is 0. The van der Waals surface area contributed by atoms with E-state index in [-0.39, 0.29) is 5.91 Å². The van der Waals surface area contributed by atoms with Crippen LogP contribution in [-0.4, -0.2) is 25.9 Å². The Hall–Kier alpha value is -2.80. The molecule has 0 atom stereocenters. The molecule has 1 amide bonds. The fourth-order valence-corrected chi connectivity index (χ4v) is 3.16. The van der Waals surface area contributed by atoms with Gasteiger partial charge in [-0.3, -0.25) is 10.1 Å². The van der Waals surface area contributed by atoms with Crippen molar-refractivity contribution < 1.29 is 4.79 Å². The Kier molecular flexibility index (Phi) is 3.92. The molecule has 120 valence electrons. The second-order valence-corrected chi connectivity index (χ2v) is 6.61. The molecule has 0 unspecified atom stereocenters. The number of hydrogen-bond donors (Lipinski definition) is 1. The number of carbonyl (C=O) groups excluding carboxylic acids is 1. The molecule has 0 saturated heterocycles. The molecule has 2 heterocycles. The summed E-state index contributed by atoms with van der Waals surface area (Å²) in [6.07, 6.45) is 9.14.